The van der Waals surface area contributed by atoms with Crippen molar-refractivity contribution in [1.29, 1.82) is 0 Å². The Hall–Kier alpha value is -2.72. The van der Waals surface area contributed by atoms with Crippen molar-refractivity contribution >= 4 is 10.8 Å². The SMILES string of the molecule is COc1cc2c(OC)cc(OC(C)C)cc2cc1C[C@@H](C)OCc1ccccc1. The van der Waals surface area contributed by atoms with Gasteiger partial charge in [0.1, 0.15) is 17.2 Å². The minimum absolute atomic E-state index is 0.0542. The highest BCUT2D eigenvalue weighted by Gasteiger charge is 2.14. The van der Waals surface area contributed by atoms with Gasteiger partial charge in [0.2, 0.25) is 0 Å². The molecular weight excluding hydrogens is 364 g/mol. The smallest absolute Gasteiger partial charge is 0.130 e. The molecule has 154 valence electrons. The molecule has 0 amide bonds. The highest BCUT2D eigenvalue weighted by Crippen LogP contribution is 2.36. The third kappa shape index (κ3) is 5.42. The first-order valence-electron chi connectivity index (χ1n) is 10.0. The van der Waals surface area contributed by atoms with Crippen LogP contribution in [0.15, 0.2) is 54.6 Å². The molecule has 0 aliphatic carbocycles. The molecule has 1 atom stereocenters. The van der Waals surface area contributed by atoms with Gasteiger partial charge in [0.15, 0.2) is 0 Å². The Morgan fingerprint density at radius 3 is 2.21 bits per heavy atom. The van der Waals surface area contributed by atoms with E-state index in [1.807, 2.05) is 44.2 Å². The van der Waals surface area contributed by atoms with Crippen molar-refractivity contribution in [3.8, 4) is 17.2 Å². The lowest BCUT2D eigenvalue weighted by Gasteiger charge is -2.18. The van der Waals surface area contributed by atoms with Gasteiger partial charge in [-0.05, 0) is 55.5 Å². The number of benzene rings is 3. The van der Waals surface area contributed by atoms with E-state index in [2.05, 4.69) is 31.2 Å². The molecule has 0 aromatic heterocycles. The van der Waals surface area contributed by atoms with Crippen molar-refractivity contribution < 1.29 is 18.9 Å². The van der Waals surface area contributed by atoms with Crippen LogP contribution in [0.3, 0.4) is 0 Å². The number of rotatable bonds is 9. The lowest BCUT2D eigenvalue weighted by Crippen LogP contribution is -2.12. The van der Waals surface area contributed by atoms with E-state index in [0.29, 0.717) is 6.61 Å². The second-order valence-corrected chi connectivity index (χ2v) is 7.49. The average Bonchev–Trinajstić information content (AvgIpc) is 2.71. The number of fused-ring (bicyclic) bond motifs is 1. The fraction of sp³-hybridized carbons (Fsp3) is 0.360. The molecule has 0 N–H and O–H groups in total. The second kappa shape index (κ2) is 9.66. The summed E-state index contributed by atoms with van der Waals surface area (Å²) in [5.74, 6) is 2.41. The van der Waals surface area contributed by atoms with Gasteiger partial charge in [-0.25, -0.2) is 0 Å². The van der Waals surface area contributed by atoms with Crippen molar-refractivity contribution in [2.45, 2.75) is 46.0 Å². The molecule has 0 saturated heterocycles. The molecule has 0 heterocycles. The predicted octanol–water partition coefficient (Wildman–Crippen LogP) is 5.79. The van der Waals surface area contributed by atoms with E-state index in [1.54, 1.807) is 14.2 Å². The molecule has 29 heavy (non-hydrogen) atoms. The Morgan fingerprint density at radius 1 is 0.828 bits per heavy atom. The zero-order chi connectivity index (χ0) is 20.8. The number of methoxy groups -OCH3 is 2. The van der Waals surface area contributed by atoms with Gasteiger partial charge in [-0.2, -0.15) is 0 Å². The van der Waals surface area contributed by atoms with Crippen molar-refractivity contribution in [2.24, 2.45) is 0 Å². The minimum atomic E-state index is 0.0542. The Morgan fingerprint density at radius 2 is 1.55 bits per heavy atom. The molecule has 0 aliphatic rings. The average molecular weight is 395 g/mol. The van der Waals surface area contributed by atoms with E-state index in [9.17, 15) is 0 Å². The van der Waals surface area contributed by atoms with Crippen LogP contribution in [0.1, 0.15) is 31.9 Å². The maximum atomic E-state index is 6.06. The van der Waals surface area contributed by atoms with E-state index in [-0.39, 0.29) is 12.2 Å². The quantitative estimate of drug-likeness (QED) is 0.460. The summed E-state index contributed by atoms with van der Waals surface area (Å²) in [6, 6.07) is 18.4. The Bertz CT molecular complexity index is 934. The van der Waals surface area contributed by atoms with E-state index >= 15 is 0 Å². The lowest BCUT2D eigenvalue weighted by molar-refractivity contribution is 0.0532. The molecule has 0 fully saturated rings. The molecule has 3 aromatic rings. The molecule has 0 unspecified atom stereocenters. The van der Waals surface area contributed by atoms with E-state index in [0.717, 1.165) is 40.0 Å². The third-order valence-corrected chi connectivity index (χ3v) is 4.77. The van der Waals surface area contributed by atoms with Crippen LogP contribution in [0.5, 0.6) is 17.2 Å². The molecule has 3 aromatic carbocycles. The second-order valence-electron chi connectivity index (χ2n) is 7.49. The van der Waals surface area contributed by atoms with E-state index in [1.165, 1.54) is 5.56 Å². The normalized spacial score (nSPS) is 12.2. The molecule has 3 rings (SSSR count). The van der Waals surface area contributed by atoms with Gasteiger partial charge >= 0.3 is 0 Å². The van der Waals surface area contributed by atoms with Crippen molar-refractivity contribution in [2.75, 3.05) is 14.2 Å². The van der Waals surface area contributed by atoms with Crippen LogP contribution in [0.25, 0.3) is 10.8 Å². The fourth-order valence-corrected chi connectivity index (χ4v) is 3.42. The van der Waals surface area contributed by atoms with Gasteiger partial charge in [-0.1, -0.05) is 30.3 Å². The first-order valence-corrected chi connectivity index (χ1v) is 10.0. The van der Waals surface area contributed by atoms with Crippen LogP contribution >= 0.6 is 0 Å². The van der Waals surface area contributed by atoms with Crippen LogP contribution in [-0.4, -0.2) is 26.4 Å². The summed E-state index contributed by atoms with van der Waals surface area (Å²) in [4.78, 5) is 0. The molecule has 0 saturated carbocycles. The number of ether oxygens (including phenoxy) is 4. The van der Waals surface area contributed by atoms with Crippen LogP contribution < -0.4 is 14.2 Å². The van der Waals surface area contributed by atoms with Crippen LogP contribution in [0.4, 0.5) is 0 Å². The minimum Gasteiger partial charge on any atom is -0.496 e. The topological polar surface area (TPSA) is 36.9 Å². The van der Waals surface area contributed by atoms with Crippen molar-refractivity contribution in [3.63, 3.8) is 0 Å². The Kier molecular flexibility index (Phi) is 6.99. The van der Waals surface area contributed by atoms with Gasteiger partial charge in [0, 0.05) is 17.9 Å². The van der Waals surface area contributed by atoms with E-state index < -0.39 is 0 Å². The molecule has 4 heteroatoms. The van der Waals surface area contributed by atoms with Gasteiger partial charge < -0.3 is 18.9 Å². The first kappa shape index (κ1) is 21.0. The predicted molar refractivity (Wildman–Crippen MR) is 117 cm³/mol. The summed E-state index contributed by atoms with van der Waals surface area (Å²) in [6.07, 6.45) is 0.906. The highest BCUT2D eigenvalue weighted by molar-refractivity contribution is 5.92. The molecule has 0 radical (unpaired) electrons. The summed E-state index contributed by atoms with van der Waals surface area (Å²) in [5, 5.41) is 2.06. The molecule has 0 aliphatic heterocycles. The molecule has 4 nitrogen and oxygen atoms in total. The summed E-state index contributed by atoms with van der Waals surface area (Å²) in [5.41, 5.74) is 2.27. The maximum Gasteiger partial charge on any atom is 0.130 e. The van der Waals surface area contributed by atoms with Crippen LogP contribution in [0.2, 0.25) is 0 Å². The van der Waals surface area contributed by atoms with Gasteiger partial charge in [0.25, 0.3) is 0 Å². The van der Waals surface area contributed by atoms with E-state index in [4.69, 9.17) is 18.9 Å². The highest BCUT2D eigenvalue weighted by atomic mass is 16.5. The zero-order valence-electron chi connectivity index (χ0n) is 17.9. The lowest BCUT2D eigenvalue weighted by atomic mass is 10.0. The fourth-order valence-electron chi connectivity index (χ4n) is 3.42. The van der Waals surface area contributed by atoms with Gasteiger partial charge in [-0.15, -0.1) is 0 Å². The number of hydrogen-bond donors (Lipinski definition) is 0. The Balaban J connectivity index is 1.85. The maximum absolute atomic E-state index is 6.06. The molecule has 0 spiro atoms. The third-order valence-electron chi connectivity index (χ3n) is 4.77. The summed E-state index contributed by atoms with van der Waals surface area (Å²) < 4.78 is 23.2. The molecule has 0 bridgehead atoms. The summed E-state index contributed by atoms with van der Waals surface area (Å²) in [6.45, 7) is 6.72. The monoisotopic (exact) mass is 394 g/mol. The van der Waals surface area contributed by atoms with Gasteiger partial charge in [0.05, 0.1) is 33.0 Å². The summed E-state index contributed by atoms with van der Waals surface area (Å²) in [7, 11) is 3.37. The van der Waals surface area contributed by atoms with Crippen molar-refractivity contribution in [1.82, 2.24) is 0 Å². The van der Waals surface area contributed by atoms with Crippen LogP contribution in [0, 0.1) is 0 Å². The van der Waals surface area contributed by atoms with Crippen molar-refractivity contribution in [3.05, 3.63) is 65.7 Å². The Labute approximate surface area is 173 Å². The molecular formula is C25H30O4. The summed E-state index contributed by atoms with van der Waals surface area (Å²) >= 11 is 0. The van der Waals surface area contributed by atoms with Gasteiger partial charge in [-0.3, -0.25) is 0 Å². The largest absolute Gasteiger partial charge is 0.496 e. The first-order chi connectivity index (χ1) is 14.0. The van der Waals surface area contributed by atoms with Crippen LogP contribution in [-0.2, 0) is 17.8 Å². The standard InChI is InChI=1S/C25H30O4/c1-17(2)29-22-13-20-12-21(24(26-4)15-23(20)25(14-22)27-5)11-18(3)28-16-19-9-7-6-8-10-19/h6-10,12-15,17-18H,11,16H2,1-5H3/t18-/m1/s1. The number of hydrogen-bond acceptors (Lipinski definition) is 4. The zero-order valence-corrected chi connectivity index (χ0v) is 17.9.